The van der Waals surface area contributed by atoms with Crippen molar-refractivity contribution in [1.29, 1.82) is 0 Å². The normalized spacial score (nSPS) is 13.8. The summed E-state index contributed by atoms with van der Waals surface area (Å²) in [6.45, 7) is 6.79. The smallest absolute Gasteiger partial charge is 0.337 e. The zero-order valence-corrected chi connectivity index (χ0v) is 17.0. The zero-order valence-electron chi connectivity index (χ0n) is 14.9. The number of carbonyl (C=O) groups is 1. The number of carbonyl (C=O) groups excluding carboxylic acids is 1. The number of benzene rings is 2. The highest BCUT2D eigenvalue weighted by Crippen LogP contribution is 2.42. The minimum absolute atomic E-state index is 0.130. The molecule has 25 heavy (non-hydrogen) atoms. The van der Waals surface area contributed by atoms with E-state index in [4.69, 9.17) is 4.74 Å². The van der Waals surface area contributed by atoms with Crippen molar-refractivity contribution in [3.63, 3.8) is 0 Å². The summed E-state index contributed by atoms with van der Waals surface area (Å²) in [7, 11) is 1.40. The van der Waals surface area contributed by atoms with Crippen molar-refractivity contribution >= 4 is 39.5 Å². The third-order valence-corrected chi connectivity index (χ3v) is 5.98. The van der Waals surface area contributed by atoms with Crippen LogP contribution in [0, 0.1) is 9.49 Å². The average molecular weight is 447 g/mol. The van der Waals surface area contributed by atoms with Gasteiger partial charge in [-0.25, -0.2) is 4.79 Å². The molecule has 0 fully saturated rings. The van der Waals surface area contributed by atoms with Crippen molar-refractivity contribution in [3.05, 3.63) is 68.9 Å². The average Bonchev–Trinajstić information content (AvgIpc) is 3.04. The van der Waals surface area contributed by atoms with Crippen LogP contribution in [0.4, 0.5) is 0 Å². The number of halogens is 1. The predicted octanol–water partition coefficient (Wildman–Crippen LogP) is 5.52. The second-order valence-electron chi connectivity index (χ2n) is 6.82. The van der Waals surface area contributed by atoms with Crippen LogP contribution in [0.2, 0.25) is 0 Å². The fourth-order valence-electron chi connectivity index (χ4n) is 3.40. The largest absolute Gasteiger partial charge is 0.465 e. The van der Waals surface area contributed by atoms with Gasteiger partial charge in [-0.1, -0.05) is 39.0 Å². The number of aromatic amines is 1. The number of rotatable bonds is 4. The number of nitrogens with one attached hydrogen (secondary N) is 1. The molecule has 3 nitrogen and oxygen atoms in total. The third kappa shape index (κ3) is 3.08. The van der Waals surface area contributed by atoms with E-state index >= 15 is 0 Å². The van der Waals surface area contributed by atoms with Gasteiger partial charge < -0.3 is 9.72 Å². The van der Waals surface area contributed by atoms with Crippen molar-refractivity contribution in [2.24, 2.45) is 5.92 Å². The molecular weight excluding hydrogens is 425 g/mol. The van der Waals surface area contributed by atoms with Crippen molar-refractivity contribution < 1.29 is 9.53 Å². The van der Waals surface area contributed by atoms with E-state index in [1.807, 2.05) is 18.2 Å². The highest BCUT2D eigenvalue weighted by Gasteiger charge is 2.34. The number of fused-ring (bicyclic) bond motifs is 1. The number of aromatic nitrogens is 1. The maximum absolute atomic E-state index is 11.8. The molecule has 1 atom stereocenters. The molecule has 0 saturated carbocycles. The molecule has 0 spiro atoms. The lowest BCUT2D eigenvalue weighted by Crippen LogP contribution is -2.29. The summed E-state index contributed by atoms with van der Waals surface area (Å²) in [5.74, 6) is 0.0918. The van der Waals surface area contributed by atoms with Crippen molar-refractivity contribution in [1.82, 2.24) is 4.98 Å². The summed E-state index contributed by atoms with van der Waals surface area (Å²) in [5.41, 5.74) is 3.92. The number of esters is 1. The lowest BCUT2D eigenvalue weighted by atomic mass is 9.68. The van der Waals surface area contributed by atoms with E-state index in [1.165, 1.54) is 21.8 Å². The number of H-pyrrole nitrogens is 1. The molecule has 0 aliphatic heterocycles. The molecule has 0 amide bonds. The van der Waals surface area contributed by atoms with Gasteiger partial charge in [0, 0.05) is 26.1 Å². The van der Waals surface area contributed by atoms with Gasteiger partial charge in [0.25, 0.3) is 0 Å². The zero-order chi connectivity index (χ0) is 18.2. The van der Waals surface area contributed by atoms with E-state index in [0.717, 1.165) is 10.9 Å². The molecule has 130 valence electrons. The van der Waals surface area contributed by atoms with Gasteiger partial charge in [0.05, 0.1) is 12.7 Å². The quantitative estimate of drug-likeness (QED) is 0.423. The van der Waals surface area contributed by atoms with E-state index in [-0.39, 0.29) is 11.4 Å². The third-order valence-electron chi connectivity index (χ3n) is 5.26. The van der Waals surface area contributed by atoms with Crippen molar-refractivity contribution in [2.75, 3.05) is 7.11 Å². The maximum Gasteiger partial charge on any atom is 0.337 e. The molecule has 0 saturated heterocycles. The van der Waals surface area contributed by atoms with E-state index in [2.05, 4.69) is 78.8 Å². The molecule has 1 N–H and O–H groups in total. The maximum atomic E-state index is 11.8. The van der Waals surface area contributed by atoms with Gasteiger partial charge in [0.1, 0.15) is 0 Å². The molecule has 1 heterocycles. The highest BCUT2D eigenvalue weighted by atomic mass is 127. The molecule has 0 aliphatic rings. The van der Waals surface area contributed by atoms with Gasteiger partial charge >= 0.3 is 5.97 Å². The lowest BCUT2D eigenvalue weighted by molar-refractivity contribution is 0.0601. The van der Waals surface area contributed by atoms with Gasteiger partial charge in [-0.2, -0.15) is 0 Å². The Bertz CT molecular complexity index is 911. The summed E-state index contributed by atoms with van der Waals surface area (Å²) >= 11 is 2.33. The van der Waals surface area contributed by atoms with Crippen molar-refractivity contribution in [3.8, 4) is 0 Å². The molecule has 0 aliphatic carbocycles. The second-order valence-corrected chi connectivity index (χ2v) is 8.06. The van der Waals surface area contributed by atoms with Crippen LogP contribution in [0.1, 0.15) is 42.3 Å². The number of hydrogen-bond acceptors (Lipinski definition) is 2. The Labute approximate surface area is 161 Å². The van der Waals surface area contributed by atoms with Crippen LogP contribution in [-0.2, 0) is 10.2 Å². The Morgan fingerprint density at radius 3 is 2.44 bits per heavy atom. The monoisotopic (exact) mass is 447 g/mol. The van der Waals surface area contributed by atoms with Gasteiger partial charge in [-0.05, 0) is 63.9 Å². The number of methoxy groups -OCH3 is 1. The molecule has 3 rings (SSSR count). The SMILES string of the molecule is COC(=O)c1ccc2c(C(C)(c3ccc(I)cc3)C(C)C)c[nH]c2c1. The molecule has 1 aromatic heterocycles. The second kappa shape index (κ2) is 6.83. The molecule has 1 unspecified atom stereocenters. The van der Waals surface area contributed by atoms with Crippen LogP contribution >= 0.6 is 22.6 Å². The Morgan fingerprint density at radius 2 is 1.84 bits per heavy atom. The van der Waals surface area contributed by atoms with Gasteiger partial charge in [-0.15, -0.1) is 0 Å². The molecule has 4 heteroatoms. The summed E-state index contributed by atoms with van der Waals surface area (Å²) in [6.07, 6.45) is 2.07. The first kappa shape index (κ1) is 18.0. The van der Waals surface area contributed by atoms with Gasteiger partial charge in [0.2, 0.25) is 0 Å². The van der Waals surface area contributed by atoms with Crippen LogP contribution in [0.15, 0.2) is 48.7 Å². The molecular formula is C21H22INO2. The topological polar surface area (TPSA) is 42.1 Å². The first-order valence-electron chi connectivity index (χ1n) is 8.34. The van der Waals surface area contributed by atoms with E-state index in [9.17, 15) is 4.79 Å². The van der Waals surface area contributed by atoms with Crippen LogP contribution in [0.25, 0.3) is 10.9 Å². The Morgan fingerprint density at radius 1 is 1.16 bits per heavy atom. The summed E-state index contributed by atoms with van der Waals surface area (Å²) in [5, 5.41) is 1.14. The summed E-state index contributed by atoms with van der Waals surface area (Å²) in [4.78, 5) is 15.1. The Hall–Kier alpha value is -1.82. The number of hydrogen-bond donors (Lipinski definition) is 1. The highest BCUT2D eigenvalue weighted by molar-refractivity contribution is 14.1. The summed E-state index contributed by atoms with van der Waals surface area (Å²) in [6, 6.07) is 14.4. The molecule has 2 aromatic carbocycles. The fraction of sp³-hybridized carbons (Fsp3) is 0.286. The predicted molar refractivity (Wildman–Crippen MR) is 110 cm³/mol. The van der Waals surface area contributed by atoms with Crippen LogP contribution in [0.5, 0.6) is 0 Å². The standard InChI is InChI=1S/C21H22INO2/c1-13(2)21(3,15-6-8-16(22)9-7-15)18-12-23-19-11-14(20(24)25-4)5-10-17(18)19/h5-13,23H,1-4H3. The fourth-order valence-corrected chi connectivity index (χ4v) is 3.76. The molecule has 0 bridgehead atoms. The Kier molecular flexibility index (Phi) is 4.91. The van der Waals surface area contributed by atoms with Gasteiger partial charge in [-0.3, -0.25) is 0 Å². The van der Waals surface area contributed by atoms with Crippen molar-refractivity contribution in [2.45, 2.75) is 26.2 Å². The van der Waals surface area contributed by atoms with Gasteiger partial charge in [0.15, 0.2) is 0 Å². The van der Waals surface area contributed by atoms with Crippen LogP contribution < -0.4 is 0 Å². The van der Waals surface area contributed by atoms with Crippen LogP contribution in [0.3, 0.4) is 0 Å². The van der Waals surface area contributed by atoms with E-state index in [0.29, 0.717) is 11.5 Å². The molecule has 0 radical (unpaired) electrons. The van der Waals surface area contributed by atoms with E-state index in [1.54, 1.807) is 0 Å². The minimum Gasteiger partial charge on any atom is -0.465 e. The summed E-state index contributed by atoms with van der Waals surface area (Å²) < 4.78 is 6.06. The molecule has 3 aromatic rings. The van der Waals surface area contributed by atoms with E-state index < -0.39 is 0 Å². The first-order valence-corrected chi connectivity index (χ1v) is 9.41. The van der Waals surface area contributed by atoms with Crippen LogP contribution in [-0.4, -0.2) is 18.1 Å². The first-order chi connectivity index (χ1) is 11.9. The minimum atomic E-state index is -0.317. The lowest BCUT2D eigenvalue weighted by Gasteiger charge is -2.34. The number of ether oxygens (including phenoxy) is 1. The Balaban J connectivity index is 2.17.